The number of carbonyl (C=O) groups excluding carboxylic acids is 1. The molecule has 1 aromatic rings. The Labute approximate surface area is 105 Å². The zero-order chi connectivity index (χ0) is 13.7. The first kappa shape index (κ1) is 12.7. The van der Waals surface area contributed by atoms with Crippen molar-refractivity contribution in [3.8, 4) is 11.5 Å². The fourth-order valence-corrected chi connectivity index (χ4v) is 2.33. The normalized spacial score (nSPS) is 26.5. The number of esters is 1. The molecule has 18 heavy (non-hydrogen) atoms. The van der Waals surface area contributed by atoms with Crippen LogP contribution in [0, 0.1) is 6.92 Å². The summed E-state index contributed by atoms with van der Waals surface area (Å²) in [4.78, 5) is 11.8. The minimum atomic E-state index is -1.36. The highest BCUT2D eigenvalue weighted by molar-refractivity contribution is 5.96. The van der Waals surface area contributed by atoms with Gasteiger partial charge in [-0.1, -0.05) is 0 Å². The van der Waals surface area contributed by atoms with Crippen LogP contribution in [0.25, 0.3) is 0 Å². The molecular formula is C13H16O5. The maximum atomic E-state index is 11.8. The predicted molar refractivity (Wildman–Crippen MR) is 63.8 cm³/mol. The quantitative estimate of drug-likeness (QED) is 0.740. The van der Waals surface area contributed by atoms with Crippen LogP contribution < -0.4 is 4.74 Å². The molecule has 1 aromatic carbocycles. The number of cyclic esters (lactones) is 1. The second kappa shape index (κ2) is 3.88. The van der Waals surface area contributed by atoms with Gasteiger partial charge < -0.3 is 19.7 Å². The van der Waals surface area contributed by atoms with Gasteiger partial charge in [-0.3, -0.25) is 0 Å². The van der Waals surface area contributed by atoms with Crippen molar-refractivity contribution in [2.24, 2.45) is 0 Å². The van der Waals surface area contributed by atoms with Gasteiger partial charge in [0, 0.05) is 11.6 Å². The summed E-state index contributed by atoms with van der Waals surface area (Å²) >= 11 is 0. The predicted octanol–water partition coefficient (Wildman–Crippen LogP) is 1.48. The van der Waals surface area contributed by atoms with E-state index in [4.69, 9.17) is 9.47 Å². The number of phenols is 1. The van der Waals surface area contributed by atoms with Crippen molar-refractivity contribution >= 4 is 5.97 Å². The van der Waals surface area contributed by atoms with Crippen molar-refractivity contribution in [3.63, 3.8) is 0 Å². The second-order valence-electron chi connectivity index (χ2n) is 4.67. The first-order chi connectivity index (χ1) is 8.30. The Balaban J connectivity index is 2.83. The van der Waals surface area contributed by atoms with Crippen LogP contribution in [0.15, 0.2) is 6.07 Å². The lowest BCUT2D eigenvalue weighted by Gasteiger charge is -2.37. The number of aromatic hydroxyl groups is 1. The first-order valence-electron chi connectivity index (χ1n) is 5.65. The third kappa shape index (κ3) is 1.54. The van der Waals surface area contributed by atoms with Gasteiger partial charge in [0.25, 0.3) is 0 Å². The molecule has 0 saturated carbocycles. The van der Waals surface area contributed by atoms with E-state index in [-0.39, 0.29) is 11.3 Å². The van der Waals surface area contributed by atoms with Crippen molar-refractivity contribution in [2.75, 3.05) is 7.11 Å². The molecule has 98 valence electrons. The Hall–Kier alpha value is -1.75. The van der Waals surface area contributed by atoms with Gasteiger partial charge in [0.15, 0.2) is 0 Å². The number of phenolic OH excluding ortho intramolecular Hbond substituents is 1. The van der Waals surface area contributed by atoms with Crippen LogP contribution in [0.4, 0.5) is 0 Å². The van der Waals surface area contributed by atoms with Gasteiger partial charge in [0.1, 0.15) is 28.8 Å². The molecule has 2 atom stereocenters. The molecule has 1 aliphatic rings. The number of benzene rings is 1. The van der Waals surface area contributed by atoms with Gasteiger partial charge in [-0.15, -0.1) is 0 Å². The summed E-state index contributed by atoms with van der Waals surface area (Å²) in [5.41, 5.74) is -0.363. The van der Waals surface area contributed by atoms with Crippen LogP contribution >= 0.6 is 0 Å². The average Bonchev–Trinajstić information content (AvgIpc) is 2.28. The topological polar surface area (TPSA) is 76.0 Å². The molecule has 1 heterocycles. The molecule has 5 nitrogen and oxygen atoms in total. The van der Waals surface area contributed by atoms with E-state index in [0.29, 0.717) is 16.9 Å². The SMILES string of the molecule is COc1cc(O)c2c(c1C)[C@@](C)(O)[C@H](C)OC2=O. The number of hydrogen-bond donors (Lipinski definition) is 2. The molecule has 0 aliphatic carbocycles. The molecule has 0 spiro atoms. The van der Waals surface area contributed by atoms with Crippen LogP contribution in [0.1, 0.15) is 35.3 Å². The fraction of sp³-hybridized carbons (Fsp3) is 0.462. The molecule has 0 bridgehead atoms. The molecule has 2 rings (SSSR count). The van der Waals surface area contributed by atoms with E-state index in [1.54, 1.807) is 20.8 Å². The highest BCUT2D eigenvalue weighted by Crippen LogP contribution is 2.43. The van der Waals surface area contributed by atoms with E-state index in [1.807, 2.05) is 0 Å². The molecule has 0 amide bonds. The minimum Gasteiger partial charge on any atom is -0.507 e. The van der Waals surface area contributed by atoms with E-state index >= 15 is 0 Å². The van der Waals surface area contributed by atoms with Crippen LogP contribution in [0.5, 0.6) is 11.5 Å². The maximum Gasteiger partial charge on any atom is 0.342 e. The van der Waals surface area contributed by atoms with Gasteiger partial charge >= 0.3 is 5.97 Å². The number of ether oxygens (including phenoxy) is 2. The number of carbonyl (C=O) groups is 1. The number of methoxy groups -OCH3 is 1. The van der Waals surface area contributed by atoms with Crippen LogP contribution in [0.2, 0.25) is 0 Å². The molecule has 0 aromatic heterocycles. The second-order valence-corrected chi connectivity index (χ2v) is 4.67. The molecule has 2 N–H and O–H groups in total. The minimum absolute atomic E-state index is 0.0106. The zero-order valence-corrected chi connectivity index (χ0v) is 10.8. The largest absolute Gasteiger partial charge is 0.507 e. The Kier molecular flexibility index (Phi) is 2.74. The molecule has 0 fully saturated rings. The standard InChI is InChI=1S/C13H16O5/c1-6-9(17-4)5-8(14)10-11(6)13(3,16)7(2)18-12(10)15/h5,7,14,16H,1-4H3/t7-,13-/m0/s1. The van der Waals surface area contributed by atoms with Gasteiger partial charge in [-0.05, 0) is 26.3 Å². The summed E-state index contributed by atoms with van der Waals surface area (Å²) in [5.74, 6) is -0.453. The highest BCUT2D eigenvalue weighted by Gasteiger charge is 2.44. The zero-order valence-electron chi connectivity index (χ0n) is 10.8. The van der Waals surface area contributed by atoms with Crippen molar-refractivity contribution in [1.29, 1.82) is 0 Å². The smallest absolute Gasteiger partial charge is 0.342 e. The van der Waals surface area contributed by atoms with Crippen LogP contribution in [0.3, 0.4) is 0 Å². The van der Waals surface area contributed by atoms with Crippen LogP contribution in [-0.2, 0) is 10.3 Å². The van der Waals surface area contributed by atoms with Gasteiger partial charge in [0.05, 0.1) is 7.11 Å². The molecule has 0 radical (unpaired) electrons. The third-order valence-corrected chi connectivity index (χ3v) is 3.52. The monoisotopic (exact) mass is 252 g/mol. The number of rotatable bonds is 1. The summed E-state index contributed by atoms with van der Waals surface area (Å²) in [6, 6.07) is 1.35. The van der Waals surface area contributed by atoms with Crippen LogP contribution in [-0.4, -0.2) is 29.4 Å². The average molecular weight is 252 g/mol. The van der Waals surface area contributed by atoms with Crippen molar-refractivity contribution < 1.29 is 24.5 Å². The number of fused-ring (bicyclic) bond motifs is 1. The Morgan fingerprint density at radius 3 is 2.67 bits per heavy atom. The lowest BCUT2D eigenvalue weighted by molar-refractivity contribution is -0.0817. The van der Waals surface area contributed by atoms with E-state index in [0.717, 1.165) is 0 Å². The van der Waals surface area contributed by atoms with Gasteiger partial charge in [-0.25, -0.2) is 4.79 Å². The Morgan fingerprint density at radius 2 is 2.11 bits per heavy atom. The number of hydrogen-bond acceptors (Lipinski definition) is 5. The lowest BCUT2D eigenvalue weighted by Crippen LogP contribution is -2.44. The molecule has 5 heteroatoms. The maximum absolute atomic E-state index is 11.8. The van der Waals surface area contributed by atoms with Crippen molar-refractivity contribution in [2.45, 2.75) is 32.5 Å². The Morgan fingerprint density at radius 1 is 1.50 bits per heavy atom. The van der Waals surface area contributed by atoms with E-state index in [9.17, 15) is 15.0 Å². The third-order valence-electron chi connectivity index (χ3n) is 3.52. The molecule has 1 aliphatic heterocycles. The van der Waals surface area contributed by atoms with Gasteiger partial charge in [0.2, 0.25) is 0 Å². The summed E-state index contributed by atoms with van der Waals surface area (Å²) in [5, 5.41) is 20.4. The molecule has 0 unspecified atom stereocenters. The Bertz CT molecular complexity index is 519. The molecule has 0 saturated heterocycles. The summed E-state index contributed by atoms with van der Waals surface area (Å²) in [7, 11) is 1.47. The summed E-state index contributed by atoms with van der Waals surface area (Å²) in [6.07, 6.45) is -0.692. The highest BCUT2D eigenvalue weighted by atomic mass is 16.6. The van der Waals surface area contributed by atoms with Crippen molar-refractivity contribution in [1.82, 2.24) is 0 Å². The van der Waals surface area contributed by atoms with Gasteiger partial charge in [-0.2, -0.15) is 0 Å². The van der Waals surface area contributed by atoms with E-state index in [2.05, 4.69) is 0 Å². The number of aliphatic hydroxyl groups is 1. The van der Waals surface area contributed by atoms with E-state index in [1.165, 1.54) is 13.2 Å². The lowest BCUT2D eigenvalue weighted by atomic mass is 9.81. The summed E-state index contributed by atoms with van der Waals surface area (Å²) < 4.78 is 10.2. The summed E-state index contributed by atoms with van der Waals surface area (Å²) in [6.45, 7) is 4.89. The fourth-order valence-electron chi connectivity index (χ4n) is 2.33. The van der Waals surface area contributed by atoms with E-state index < -0.39 is 17.7 Å². The van der Waals surface area contributed by atoms with Crippen molar-refractivity contribution in [3.05, 3.63) is 22.8 Å². The first-order valence-corrected chi connectivity index (χ1v) is 5.65. The molecular weight excluding hydrogens is 236 g/mol.